The van der Waals surface area contributed by atoms with Gasteiger partial charge in [-0.25, -0.2) is 4.79 Å². The first-order chi connectivity index (χ1) is 32.2. The van der Waals surface area contributed by atoms with Gasteiger partial charge in [-0.3, -0.25) is 4.79 Å². The average Bonchev–Trinajstić information content (AvgIpc) is 3.83. The van der Waals surface area contributed by atoms with Crippen molar-refractivity contribution < 1.29 is 92.7 Å². The standard InChI is InChI=1S/C49H76O19/c1-22-43(66-38-18-33(53)44(23(2)61-38)67-39-19-34(63-25(4)51)45(24(3)62-39)68-46-42(57)41(56)40(55)35(20-50)65-46)32(52)17-37(60-22)64-28-9-12-47(5)27(16-28)7-8-31-30(47)10-13-48(6)29(11-14-49(31,48)58)26-15-36(54)59-21-26/h15,22-24,27-35,37-46,50,52-53,55-58H,7-14,16-21H2,1-6H3/t22-,23-,24-,27-,28-,29+,30+,31-,32-,33-,34-,35+,37-,38-,39+,40+,41-,42+,43+,44+,45-,46-,47+,48+,49+/m1/s1. The molecule has 7 N–H and O–H groups in total. The number of aliphatic hydroxyl groups excluding tert-OH is 6. The number of aliphatic hydroxyl groups is 7. The number of hydrogen-bond donors (Lipinski definition) is 7. The monoisotopic (exact) mass is 968 g/mol. The van der Waals surface area contributed by atoms with Gasteiger partial charge in [0.2, 0.25) is 0 Å². The minimum absolute atomic E-state index is 0.0126. The van der Waals surface area contributed by atoms with E-state index in [1.54, 1.807) is 19.9 Å². The highest BCUT2D eigenvalue weighted by Gasteiger charge is 2.68. The van der Waals surface area contributed by atoms with Crippen LogP contribution in [0, 0.1) is 34.5 Å². The molecule has 0 amide bonds. The molecule has 0 unspecified atom stereocenters. The van der Waals surface area contributed by atoms with Crippen molar-refractivity contribution in [2.75, 3.05) is 13.2 Å². The highest BCUT2D eigenvalue weighted by molar-refractivity contribution is 5.85. The molecule has 8 fully saturated rings. The maximum atomic E-state index is 12.6. The van der Waals surface area contributed by atoms with Crippen molar-refractivity contribution in [1.82, 2.24) is 0 Å². The summed E-state index contributed by atoms with van der Waals surface area (Å²) in [5, 5.41) is 76.1. The van der Waals surface area contributed by atoms with E-state index >= 15 is 0 Å². The third-order valence-corrected chi connectivity index (χ3v) is 18.3. The summed E-state index contributed by atoms with van der Waals surface area (Å²) in [7, 11) is 0. The van der Waals surface area contributed by atoms with Crippen molar-refractivity contribution in [3.05, 3.63) is 11.6 Å². The third kappa shape index (κ3) is 9.36. The lowest BCUT2D eigenvalue weighted by Crippen LogP contribution is -2.62. The molecule has 0 radical (unpaired) electrons. The fraction of sp³-hybridized carbons (Fsp3) is 0.918. The largest absolute Gasteiger partial charge is 0.459 e. The summed E-state index contributed by atoms with van der Waals surface area (Å²) < 4.78 is 60.2. The highest BCUT2D eigenvalue weighted by atomic mass is 16.8. The van der Waals surface area contributed by atoms with Gasteiger partial charge >= 0.3 is 11.9 Å². The number of esters is 2. The van der Waals surface area contributed by atoms with Gasteiger partial charge in [-0.15, -0.1) is 0 Å². The summed E-state index contributed by atoms with van der Waals surface area (Å²) in [4.78, 5) is 24.2. The molecule has 19 nitrogen and oxygen atoms in total. The van der Waals surface area contributed by atoms with Crippen molar-refractivity contribution >= 4 is 11.9 Å². The molecular formula is C49H76O19. The van der Waals surface area contributed by atoms with Crippen LogP contribution >= 0.6 is 0 Å². The van der Waals surface area contributed by atoms with Crippen molar-refractivity contribution in [2.24, 2.45) is 34.5 Å². The molecule has 0 aromatic rings. The van der Waals surface area contributed by atoms with Crippen LogP contribution in [0.2, 0.25) is 0 Å². The number of cyclic esters (lactones) is 1. The molecular weight excluding hydrogens is 893 g/mol. The van der Waals surface area contributed by atoms with Crippen molar-refractivity contribution in [3.63, 3.8) is 0 Å². The fourth-order valence-corrected chi connectivity index (χ4v) is 14.6. The van der Waals surface area contributed by atoms with Gasteiger partial charge < -0.3 is 83.1 Å². The van der Waals surface area contributed by atoms with Gasteiger partial charge in [0, 0.05) is 37.7 Å². The first-order valence-corrected chi connectivity index (χ1v) is 25.2. The van der Waals surface area contributed by atoms with Crippen LogP contribution in [0.5, 0.6) is 0 Å². The summed E-state index contributed by atoms with van der Waals surface area (Å²) in [6, 6.07) is 0. The summed E-state index contributed by atoms with van der Waals surface area (Å²) in [5.41, 5.74) is 0.0925. The molecule has 4 saturated heterocycles. The number of fused-ring (bicyclic) bond motifs is 5. The highest BCUT2D eigenvalue weighted by Crippen LogP contribution is 2.70. The molecule has 0 aromatic carbocycles. The maximum absolute atomic E-state index is 12.6. The lowest BCUT2D eigenvalue weighted by Gasteiger charge is -2.64. The van der Waals surface area contributed by atoms with E-state index in [2.05, 4.69) is 13.8 Å². The molecule has 0 aromatic heterocycles. The Bertz CT molecular complexity index is 1810. The predicted molar refractivity (Wildman–Crippen MR) is 233 cm³/mol. The zero-order chi connectivity index (χ0) is 48.6. The van der Waals surface area contributed by atoms with E-state index in [1.807, 2.05) is 6.92 Å². The Balaban J connectivity index is 0.746. The minimum atomic E-state index is -1.68. The van der Waals surface area contributed by atoms with Crippen LogP contribution < -0.4 is 0 Å². The first kappa shape index (κ1) is 51.0. The van der Waals surface area contributed by atoms with Gasteiger partial charge in [0.25, 0.3) is 0 Å². The van der Waals surface area contributed by atoms with Crippen LogP contribution in [0.3, 0.4) is 0 Å². The number of carbonyl (C=O) groups excluding carboxylic acids is 2. The van der Waals surface area contributed by atoms with Crippen LogP contribution in [0.1, 0.15) is 119 Å². The van der Waals surface area contributed by atoms with E-state index < -0.39 is 123 Å². The van der Waals surface area contributed by atoms with Crippen LogP contribution in [0.15, 0.2) is 11.6 Å². The summed E-state index contributed by atoms with van der Waals surface area (Å²) in [5.74, 6) is 0.357. The van der Waals surface area contributed by atoms with Crippen LogP contribution in [-0.2, 0) is 57.0 Å². The number of carbonyl (C=O) groups is 2. The molecule has 19 heteroatoms. The lowest BCUT2D eigenvalue weighted by molar-refractivity contribution is -0.355. The van der Waals surface area contributed by atoms with E-state index in [-0.39, 0.29) is 54.0 Å². The van der Waals surface area contributed by atoms with Crippen molar-refractivity contribution in [2.45, 2.75) is 235 Å². The quantitative estimate of drug-likeness (QED) is 0.115. The molecule has 4 aliphatic carbocycles. The zero-order valence-electron chi connectivity index (χ0n) is 40.2. The molecule has 386 valence electrons. The molecule has 68 heavy (non-hydrogen) atoms. The Labute approximate surface area is 398 Å². The number of ether oxygens (including phenoxy) is 10. The Hall–Kier alpha value is -1.92. The molecule has 0 bridgehead atoms. The average molecular weight is 969 g/mol. The van der Waals surface area contributed by atoms with Crippen molar-refractivity contribution in [3.8, 4) is 0 Å². The topological polar surface area (TPSA) is 268 Å². The normalized spacial score (nSPS) is 52.8. The third-order valence-electron chi connectivity index (χ3n) is 18.3. The lowest BCUT2D eigenvalue weighted by atomic mass is 9.43. The Morgan fingerprint density at radius 2 is 1.34 bits per heavy atom. The first-order valence-electron chi connectivity index (χ1n) is 25.2. The smallest absolute Gasteiger partial charge is 0.331 e. The minimum Gasteiger partial charge on any atom is -0.459 e. The Morgan fingerprint density at radius 3 is 1.94 bits per heavy atom. The molecule has 9 aliphatic rings. The second kappa shape index (κ2) is 19.8. The molecule has 0 spiro atoms. The zero-order valence-corrected chi connectivity index (χ0v) is 40.2. The van der Waals surface area contributed by atoms with Gasteiger partial charge in [0.05, 0.1) is 48.8 Å². The molecule has 9 rings (SSSR count). The van der Waals surface area contributed by atoms with E-state index in [9.17, 15) is 45.3 Å². The molecule has 4 saturated carbocycles. The molecule has 5 heterocycles. The second-order valence-electron chi connectivity index (χ2n) is 22.1. The SMILES string of the molecule is CC(=O)O[C@@H]1C[C@H](O[C@@H]2[C@H](O)C[C@@H](O[C@@H]3[C@H](O)C[C@@H](O[C@@H]4CC[C@@]5(C)[C@H](CC[C@@H]6[C@@H]5CC[C@@]5(C)[C@H](C7=CC(=O)OC7)CC[C@]65O)C4)O[C@@H]3C)O[C@@H]2C)O[C@H](C)[C@H]1O[C@H]1O[C@@H](CO)[C@H](O)[C@@H](O)[C@@H]1O. The van der Waals surface area contributed by atoms with Gasteiger partial charge in [-0.1, -0.05) is 13.8 Å². The number of hydrogen-bond acceptors (Lipinski definition) is 19. The van der Waals surface area contributed by atoms with E-state index in [0.29, 0.717) is 18.4 Å². The van der Waals surface area contributed by atoms with Gasteiger partial charge in [0.15, 0.2) is 25.2 Å². The van der Waals surface area contributed by atoms with Crippen LogP contribution in [-0.4, -0.2) is 177 Å². The van der Waals surface area contributed by atoms with Crippen LogP contribution in [0.25, 0.3) is 0 Å². The number of rotatable bonds is 11. The van der Waals surface area contributed by atoms with E-state index in [0.717, 1.165) is 63.4 Å². The van der Waals surface area contributed by atoms with Gasteiger partial charge in [-0.2, -0.15) is 0 Å². The summed E-state index contributed by atoms with van der Waals surface area (Å²) in [6.07, 6.45) is -7.65. The van der Waals surface area contributed by atoms with Gasteiger partial charge in [-0.05, 0) is 113 Å². The maximum Gasteiger partial charge on any atom is 0.331 e. The fourth-order valence-electron chi connectivity index (χ4n) is 14.6. The Kier molecular flexibility index (Phi) is 14.9. The predicted octanol–water partition coefficient (Wildman–Crippen LogP) is 1.64. The van der Waals surface area contributed by atoms with Crippen molar-refractivity contribution in [1.29, 1.82) is 0 Å². The summed E-state index contributed by atoms with van der Waals surface area (Å²) >= 11 is 0. The Morgan fingerprint density at radius 1 is 0.706 bits per heavy atom. The van der Waals surface area contributed by atoms with E-state index in [1.165, 1.54) is 6.92 Å². The van der Waals surface area contributed by atoms with Gasteiger partial charge in [0.1, 0.15) is 55.4 Å². The second-order valence-corrected chi connectivity index (χ2v) is 22.1. The van der Waals surface area contributed by atoms with E-state index in [4.69, 9.17) is 47.4 Å². The van der Waals surface area contributed by atoms with Crippen LogP contribution in [0.4, 0.5) is 0 Å². The summed E-state index contributed by atoms with van der Waals surface area (Å²) in [6.45, 7) is 10.8. The molecule has 5 aliphatic heterocycles. The molecule has 25 atom stereocenters.